The maximum absolute atomic E-state index is 11.6. The number of benzene rings is 1. The SMILES string of the molecule is CN=C(NCCN1C(=O)CNC1=O)N(C)Cc1ccc2c(c1)OCO2.I. The highest BCUT2D eigenvalue weighted by molar-refractivity contribution is 14.0. The van der Waals surface area contributed by atoms with Crippen molar-refractivity contribution >= 4 is 41.9 Å². The smallest absolute Gasteiger partial charge is 0.324 e. The average molecular weight is 475 g/mol. The fraction of sp³-hybridized carbons (Fsp3) is 0.438. The van der Waals surface area contributed by atoms with Gasteiger partial charge < -0.3 is 25.0 Å². The van der Waals surface area contributed by atoms with Gasteiger partial charge in [-0.05, 0) is 17.7 Å². The molecule has 2 aliphatic heterocycles. The number of carbonyl (C=O) groups excluding carboxylic acids is 2. The molecule has 1 saturated heterocycles. The molecule has 1 aromatic rings. The van der Waals surface area contributed by atoms with Crippen LogP contribution in [0.2, 0.25) is 0 Å². The number of ether oxygens (including phenoxy) is 2. The number of carbonyl (C=O) groups is 2. The molecule has 3 amide bonds. The molecule has 10 heteroatoms. The van der Waals surface area contributed by atoms with Crippen LogP contribution < -0.4 is 20.1 Å². The summed E-state index contributed by atoms with van der Waals surface area (Å²) in [7, 11) is 3.60. The van der Waals surface area contributed by atoms with Crippen LogP contribution in [-0.4, -0.2) is 68.2 Å². The molecule has 2 heterocycles. The van der Waals surface area contributed by atoms with E-state index in [9.17, 15) is 9.59 Å². The Hall–Kier alpha value is -2.24. The molecular formula is C16H22IN5O4. The van der Waals surface area contributed by atoms with Crippen LogP contribution in [0.25, 0.3) is 0 Å². The molecule has 0 bridgehead atoms. The third-order valence-corrected chi connectivity index (χ3v) is 3.99. The number of aliphatic imine (C=N–C) groups is 1. The number of imide groups is 1. The van der Waals surface area contributed by atoms with Gasteiger partial charge in [-0.1, -0.05) is 6.07 Å². The third kappa shape index (κ3) is 4.48. The summed E-state index contributed by atoms with van der Waals surface area (Å²) >= 11 is 0. The lowest BCUT2D eigenvalue weighted by Gasteiger charge is -2.23. The normalized spacial score (nSPS) is 15.6. The van der Waals surface area contributed by atoms with Crippen LogP contribution in [-0.2, 0) is 11.3 Å². The van der Waals surface area contributed by atoms with Gasteiger partial charge in [0.15, 0.2) is 17.5 Å². The van der Waals surface area contributed by atoms with Gasteiger partial charge in [-0.15, -0.1) is 24.0 Å². The van der Waals surface area contributed by atoms with Crippen molar-refractivity contribution in [3.63, 3.8) is 0 Å². The number of halogens is 1. The lowest BCUT2D eigenvalue weighted by Crippen LogP contribution is -2.43. The summed E-state index contributed by atoms with van der Waals surface area (Å²) in [6, 6.07) is 5.46. The van der Waals surface area contributed by atoms with Crippen LogP contribution in [0.3, 0.4) is 0 Å². The number of guanidine groups is 1. The minimum atomic E-state index is -0.351. The van der Waals surface area contributed by atoms with E-state index in [1.54, 1.807) is 7.05 Å². The summed E-state index contributed by atoms with van der Waals surface area (Å²) in [6.07, 6.45) is 0. The zero-order chi connectivity index (χ0) is 17.8. The van der Waals surface area contributed by atoms with E-state index in [-0.39, 0.29) is 49.3 Å². The Kier molecular flexibility index (Phi) is 6.89. The van der Waals surface area contributed by atoms with Crippen LogP contribution in [0.1, 0.15) is 5.56 Å². The maximum atomic E-state index is 11.6. The standard InChI is InChI=1S/C16H21N5O4.HI/c1-17-15(18-5-6-21-14(22)8-19-16(21)23)20(2)9-11-3-4-12-13(7-11)25-10-24-12;/h3-4,7H,5-6,8-10H2,1-2H3,(H,17,18)(H,19,23);1H. The molecule has 0 saturated carbocycles. The van der Waals surface area contributed by atoms with E-state index in [1.807, 2.05) is 30.1 Å². The Balaban J connectivity index is 0.00000243. The largest absolute Gasteiger partial charge is 0.454 e. The number of hydrogen-bond donors (Lipinski definition) is 2. The van der Waals surface area contributed by atoms with Crippen molar-refractivity contribution < 1.29 is 19.1 Å². The fourth-order valence-corrected chi connectivity index (χ4v) is 2.73. The first-order chi connectivity index (χ1) is 12.1. The van der Waals surface area contributed by atoms with Crippen molar-refractivity contribution in [3.8, 4) is 11.5 Å². The van der Waals surface area contributed by atoms with Gasteiger partial charge in [-0.3, -0.25) is 14.7 Å². The van der Waals surface area contributed by atoms with Crippen molar-refractivity contribution in [3.05, 3.63) is 23.8 Å². The number of rotatable bonds is 5. The second-order valence-electron chi connectivity index (χ2n) is 5.72. The van der Waals surface area contributed by atoms with Crippen LogP contribution in [0, 0.1) is 0 Å². The lowest BCUT2D eigenvalue weighted by molar-refractivity contribution is -0.124. The van der Waals surface area contributed by atoms with Gasteiger partial charge in [0.05, 0.1) is 6.54 Å². The number of urea groups is 1. The summed E-state index contributed by atoms with van der Waals surface area (Å²) in [5.41, 5.74) is 1.06. The first-order valence-electron chi connectivity index (χ1n) is 7.97. The number of nitrogens with one attached hydrogen (secondary N) is 2. The molecule has 3 rings (SSSR count). The molecule has 0 aromatic heterocycles. The highest BCUT2D eigenvalue weighted by atomic mass is 127. The summed E-state index contributed by atoms with van der Waals surface area (Å²) < 4.78 is 10.7. The molecule has 142 valence electrons. The van der Waals surface area contributed by atoms with Gasteiger partial charge >= 0.3 is 6.03 Å². The van der Waals surface area contributed by atoms with E-state index in [4.69, 9.17) is 9.47 Å². The Morgan fingerprint density at radius 1 is 1.35 bits per heavy atom. The number of hydrogen-bond acceptors (Lipinski definition) is 5. The van der Waals surface area contributed by atoms with Crippen LogP contribution in [0.5, 0.6) is 11.5 Å². The first kappa shape index (κ1) is 20.1. The van der Waals surface area contributed by atoms with Crippen molar-refractivity contribution in [2.45, 2.75) is 6.54 Å². The zero-order valence-corrected chi connectivity index (χ0v) is 17.0. The van der Waals surface area contributed by atoms with Gasteiger partial charge in [0.2, 0.25) is 12.7 Å². The second-order valence-corrected chi connectivity index (χ2v) is 5.72. The Morgan fingerprint density at radius 2 is 2.12 bits per heavy atom. The van der Waals surface area contributed by atoms with Gasteiger partial charge in [-0.25, -0.2) is 4.79 Å². The lowest BCUT2D eigenvalue weighted by atomic mass is 10.2. The maximum Gasteiger partial charge on any atom is 0.324 e. The Labute approximate surface area is 168 Å². The average Bonchev–Trinajstić information content (AvgIpc) is 3.18. The second kappa shape index (κ2) is 8.92. The number of amides is 3. The number of fused-ring (bicyclic) bond motifs is 1. The highest BCUT2D eigenvalue weighted by Gasteiger charge is 2.27. The van der Waals surface area contributed by atoms with Crippen molar-refractivity contribution in [2.24, 2.45) is 4.99 Å². The molecule has 26 heavy (non-hydrogen) atoms. The van der Waals surface area contributed by atoms with Crippen LogP contribution in [0.4, 0.5) is 4.79 Å². The van der Waals surface area contributed by atoms with Gasteiger partial charge in [-0.2, -0.15) is 0 Å². The van der Waals surface area contributed by atoms with Crippen molar-refractivity contribution in [1.29, 1.82) is 0 Å². The van der Waals surface area contributed by atoms with Crippen LogP contribution in [0.15, 0.2) is 23.2 Å². The molecule has 2 aliphatic rings. The van der Waals surface area contributed by atoms with Crippen molar-refractivity contribution in [2.75, 3.05) is 40.5 Å². The third-order valence-electron chi connectivity index (χ3n) is 3.99. The predicted octanol–water partition coefficient (Wildman–Crippen LogP) is 0.592. The molecule has 0 radical (unpaired) electrons. The minimum absolute atomic E-state index is 0. The van der Waals surface area contributed by atoms with Gasteiger partial charge in [0, 0.05) is 33.7 Å². The predicted molar refractivity (Wildman–Crippen MR) is 106 cm³/mol. The van der Waals surface area contributed by atoms with E-state index < -0.39 is 0 Å². The van der Waals surface area contributed by atoms with Crippen molar-refractivity contribution in [1.82, 2.24) is 20.4 Å². The van der Waals surface area contributed by atoms with Gasteiger partial charge in [0.25, 0.3) is 0 Å². The van der Waals surface area contributed by atoms with E-state index in [0.717, 1.165) is 17.1 Å². The van der Waals surface area contributed by atoms with E-state index in [2.05, 4.69) is 15.6 Å². The summed E-state index contributed by atoms with van der Waals surface area (Å²) in [5, 5.41) is 5.65. The molecule has 0 atom stereocenters. The first-order valence-corrected chi connectivity index (χ1v) is 7.97. The zero-order valence-electron chi connectivity index (χ0n) is 14.7. The van der Waals surface area contributed by atoms with Crippen LogP contribution >= 0.6 is 24.0 Å². The summed E-state index contributed by atoms with van der Waals surface area (Å²) in [6.45, 7) is 1.66. The molecule has 1 aromatic carbocycles. The Morgan fingerprint density at radius 3 is 2.81 bits per heavy atom. The molecular weight excluding hydrogens is 453 g/mol. The van der Waals surface area contributed by atoms with E-state index in [0.29, 0.717) is 25.6 Å². The topological polar surface area (TPSA) is 95.5 Å². The molecule has 0 spiro atoms. The fourth-order valence-electron chi connectivity index (χ4n) is 2.73. The number of nitrogens with zero attached hydrogens (tertiary/aromatic N) is 3. The highest BCUT2D eigenvalue weighted by Crippen LogP contribution is 2.32. The minimum Gasteiger partial charge on any atom is -0.454 e. The molecule has 2 N–H and O–H groups in total. The Bertz CT molecular complexity index is 696. The molecule has 0 unspecified atom stereocenters. The quantitative estimate of drug-likeness (QED) is 0.280. The molecule has 9 nitrogen and oxygen atoms in total. The molecule has 1 fully saturated rings. The van der Waals surface area contributed by atoms with E-state index >= 15 is 0 Å². The summed E-state index contributed by atoms with van der Waals surface area (Å²) in [4.78, 5) is 30.4. The summed E-state index contributed by atoms with van der Waals surface area (Å²) in [5.74, 6) is 1.95. The van der Waals surface area contributed by atoms with Gasteiger partial charge in [0.1, 0.15) is 0 Å². The monoisotopic (exact) mass is 475 g/mol. The van der Waals surface area contributed by atoms with E-state index in [1.165, 1.54) is 4.90 Å². The molecule has 0 aliphatic carbocycles.